The molecule has 5 nitrogen and oxygen atoms in total. The second kappa shape index (κ2) is 8.72. The lowest BCUT2D eigenvalue weighted by molar-refractivity contribution is 0.312. The van der Waals surface area contributed by atoms with Gasteiger partial charge in [0, 0.05) is 31.5 Å². The smallest absolute Gasteiger partial charge is 0.166 e. The number of ether oxygens (including phenoxy) is 2. The molecule has 0 aliphatic heterocycles. The number of methoxy groups -OCH3 is 1. The van der Waals surface area contributed by atoms with Gasteiger partial charge < -0.3 is 19.4 Å². The Balaban J connectivity index is 2.20. The predicted octanol–water partition coefficient (Wildman–Crippen LogP) is 3.87. The SMILES string of the molecule is C=C(C)COc1c(CN[C@@H](c2nccn2C)C(C)C)cccc1OC. The molecule has 0 saturated carbocycles. The number of nitrogens with zero attached hydrogens (tertiary/aromatic N) is 2. The first-order valence-electron chi connectivity index (χ1n) is 8.57. The summed E-state index contributed by atoms with van der Waals surface area (Å²) >= 11 is 0. The summed E-state index contributed by atoms with van der Waals surface area (Å²) in [5.74, 6) is 2.94. The van der Waals surface area contributed by atoms with Gasteiger partial charge in [-0.05, 0) is 24.5 Å². The lowest BCUT2D eigenvalue weighted by atomic mass is 10.0. The Bertz CT molecular complexity index is 707. The first-order valence-corrected chi connectivity index (χ1v) is 8.57. The molecule has 0 aliphatic carbocycles. The van der Waals surface area contributed by atoms with Crippen LogP contribution in [0.15, 0.2) is 42.7 Å². The number of nitrogens with one attached hydrogen (secondary N) is 1. The van der Waals surface area contributed by atoms with Crippen molar-refractivity contribution in [1.29, 1.82) is 0 Å². The molecular weight excluding hydrogens is 314 g/mol. The van der Waals surface area contributed by atoms with Crippen molar-refractivity contribution in [3.05, 3.63) is 54.1 Å². The molecule has 136 valence electrons. The van der Waals surface area contributed by atoms with Crippen LogP contribution < -0.4 is 14.8 Å². The molecule has 2 rings (SSSR count). The summed E-state index contributed by atoms with van der Waals surface area (Å²) in [6, 6.07) is 6.10. The van der Waals surface area contributed by atoms with Gasteiger partial charge in [-0.25, -0.2) is 4.98 Å². The fourth-order valence-electron chi connectivity index (χ4n) is 2.74. The normalized spacial score (nSPS) is 12.2. The predicted molar refractivity (Wildman–Crippen MR) is 101 cm³/mol. The molecule has 1 aromatic heterocycles. The average molecular weight is 343 g/mol. The van der Waals surface area contributed by atoms with Gasteiger partial charge in [-0.2, -0.15) is 0 Å². The van der Waals surface area contributed by atoms with Crippen LogP contribution in [0, 0.1) is 5.92 Å². The highest BCUT2D eigenvalue weighted by molar-refractivity contribution is 5.46. The van der Waals surface area contributed by atoms with Crippen LogP contribution in [-0.2, 0) is 13.6 Å². The van der Waals surface area contributed by atoms with E-state index in [1.807, 2.05) is 38.5 Å². The number of aryl methyl sites for hydroxylation is 1. The second-order valence-electron chi connectivity index (χ2n) is 6.69. The highest BCUT2D eigenvalue weighted by atomic mass is 16.5. The van der Waals surface area contributed by atoms with E-state index >= 15 is 0 Å². The Morgan fingerprint density at radius 3 is 2.68 bits per heavy atom. The maximum absolute atomic E-state index is 5.94. The summed E-state index contributed by atoms with van der Waals surface area (Å²) < 4.78 is 13.5. The number of hydrogen-bond acceptors (Lipinski definition) is 4. The maximum Gasteiger partial charge on any atom is 0.166 e. The van der Waals surface area contributed by atoms with E-state index in [-0.39, 0.29) is 6.04 Å². The fourth-order valence-corrected chi connectivity index (χ4v) is 2.74. The standard InChI is InChI=1S/C20H29N3O2/c1-14(2)13-25-19-16(8-7-9-17(19)24-6)12-22-18(15(3)4)20-21-10-11-23(20)5/h7-11,15,18,22H,1,12-13H2,2-6H3/t18-/m1/s1. The summed E-state index contributed by atoms with van der Waals surface area (Å²) in [5, 5.41) is 3.62. The van der Waals surface area contributed by atoms with E-state index in [0.717, 1.165) is 28.5 Å². The van der Waals surface area contributed by atoms with Gasteiger partial charge in [-0.15, -0.1) is 0 Å². The third-order valence-electron chi connectivity index (χ3n) is 4.06. The van der Waals surface area contributed by atoms with E-state index in [4.69, 9.17) is 9.47 Å². The van der Waals surface area contributed by atoms with Crippen molar-refractivity contribution in [3.63, 3.8) is 0 Å². The Kier molecular flexibility index (Phi) is 6.65. The highest BCUT2D eigenvalue weighted by Crippen LogP contribution is 2.32. The number of para-hydroxylation sites is 1. The molecule has 2 aromatic rings. The van der Waals surface area contributed by atoms with Gasteiger partial charge in [0.1, 0.15) is 12.4 Å². The van der Waals surface area contributed by atoms with E-state index in [9.17, 15) is 0 Å². The van der Waals surface area contributed by atoms with Crippen LogP contribution in [0.4, 0.5) is 0 Å². The average Bonchev–Trinajstić information content (AvgIpc) is 2.99. The largest absolute Gasteiger partial charge is 0.493 e. The molecule has 0 radical (unpaired) electrons. The third kappa shape index (κ3) is 4.86. The Hall–Kier alpha value is -2.27. The molecule has 0 unspecified atom stereocenters. The summed E-state index contributed by atoms with van der Waals surface area (Å²) in [6.07, 6.45) is 3.80. The van der Waals surface area contributed by atoms with Crippen LogP contribution in [0.1, 0.15) is 38.2 Å². The van der Waals surface area contributed by atoms with Gasteiger partial charge in [-0.3, -0.25) is 0 Å². The zero-order valence-electron chi connectivity index (χ0n) is 15.9. The van der Waals surface area contributed by atoms with Crippen molar-refractivity contribution in [2.75, 3.05) is 13.7 Å². The molecule has 25 heavy (non-hydrogen) atoms. The minimum atomic E-state index is 0.153. The van der Waals surface area contributed by atoms with Crippen molar-refractivity contribution in [2.24, 2.45) is 13.0 Å². The van der Waals surface area contributed by atoms with Crippen molar-refractivity contribution in [3.8, 4) is 11.5 Å². The molecule has 0 amide bonds. The van der Waals surface area contributed by atoms with Crippen molar-refractivity contribution in [1.82, 2.24) is 14.9 Å². The number of benzene rings is 1. The van der Waals surface area contributed by atoms with E-state index in [2.05, 4.69) is 41.4 Å². The van der Waals surface area contributed by atoms with Crippen molar-refractivity contribution < 1.29 is 9.47 Å². The quantitative estimate of drug-likeness (QED) is 0.702. The molecule has 1 aromatic carbocycles. The van der Waals surface area contributed by atoms with Gasteiger partial charge in [-0.1, -0.05) is 32.6 Å². The number of imidazole rings is 1. The molecular formula is C20H29N3O2. The minimum Gasteiger partial charge on any atom is -0.493 e. The molecule has 1 N–H and O–H groups in total. The first-order chi connectivity index (χ1) is 11.9. The zero-order chi connectivity index (χ0) is 18.4. The Morgan fingerprint density at radius 1 is 1.36 bits per heavy atom. The van der Waals surface area contributed by atoms with E-state index in [1.165, 1.54) is 0 Å². The fraction of sp³-hybridized carbons (Fsp3) is 0.450. The highest BCUT2D eigenvalue weighted by Gasteiger charge is 2.20. The van der Waals surface area contributed by atoms with Gasteiger partial charge in [0.05, 0.1) is 13.2 Å². The van der Waals surface area contributed by atoms with E-state index in [1.54, 1.807) is 7.11 Å². The summed E-state index contributed by atoms with van der Waals surface area (Å²) in [5.41, 5.74) is 2.03. The van der Waals surface area contributed by atoms with Crippen LogP contribution >= 0.6 is 0 Å². The lowest BCUT2D eigenvalue weighted by Gasteiger charge is -2.23. The minimum absolute atomic E-state index is 0.153. The first kappa shape index (κ1) is 19.1. The van der Waals surface area contributed by atoms with Crippen LogP contribution in [0.3, 0.4) is 0 Å². The van der Waals surface area contributed by atoms with Crippen LogP contribution in [-0.4, -0.2) is 23.3 Å². The number of hydrogen-bond donors (Lipinski definition) is 1. The van der Waals surface area contributed by atoms with Crippen molar-refractivity contribution in [2.45, 2.75) is 33.4 Å². The Labute approximate surface area is 150 Å². The molecule has 1 heterocycles. The third-order valence-corrected chi connectivity index (χ3v) is 4.06. The second-order valence-corrected chi connectivity index (χ2v) is 6.69. The van der Waals surface area contributed by atoms with Gasteiger partial charge in [0.25, 0.3) is 0 Å². The molecule has 0 saturated heterocycles. The Morgan fingerprint density at radius 2 is 2.12 bits per heavy atom. The van der Waals surface area contributed by atoms with Gasteiger partial charge >= 0.3 is 0 Å². The van der Waals surface area contributed by atoms with Gasteiger partial charge in [0.2, 0.25) is 0 Å². The molecule has 5 heteroatoms. The molecule has 0 bridgehead atoms. The maximum atomic E-state index is 5.94. The number of rotatable bonds is 9. The van der Waals surface area contributed by atoms with E-state index < -0.39 is 0 Å². The number of aromatic nitrogens is 2. The summed E-state index contributed by atoms with van der Waals surface area (Å²) in [6.45, 7) is 11.4. The van der Waals surface area contributed by atoms with Crippen LogP contribution in [0.5, 0.6) is 11.5 Å². The summed E-state index contributed by atoms with van der Waals surface area (Å²) in [4.78, 5) is 4.50. The van der Waals surface area contributed by atoms with Crippen LogP contribution in [0.25, 0.3) is 0 Å². The van der Waals surface area contributed by atoms with E-state index in [0.29, 0.717) is 19.1 Å². The summed E-state index contributed by atoms with van der Waals surface area (Å²) in [7, 11) is 3.68. The lowest BCUT2D eigenvalue weighted by Crippen LogP contribution is -2.28. The van der Waals surface area contributed by atoms with Gasteiger partial charge in [0.15, 0.2) is 11.5 Å². The van der Waals surface area contributed by atoms with Crippen molar-refractivity contribution >= 4 is 0 Å². The molecule has 0 fully saturated rings. The molecule has 1 atom stereocenters. The zero-order valence-corrected chi connectivity index (χ0v) is 15.9. The molecule has 0 spiro atoms. The molecule has 0 aliphatic rings. The monoisotopic (exact) mass is 343 g/mol. The van der Waals surface area contributed by atoms with Crippen LogP contribution in [0.2, 0.25) is 0 Å². The topological polar surface area (TPSA) is 48.3 Å².